The van der Waals surface area contributed by atoms with Crippen LogP contribution in [0.3, 0.4) is 0 Å². The van der Waals surface area contributed by atoms with Gasteiger partial charge in [-0.3, -0.25) is 19.2 Å². The van der Waals surface area contributed by atoms with Gasteiger partial charge in [0.2, 0.25) is 23.6 Å². The number of rotatable bonds is 6. The maximum absolute atomic E-state index is 13.3. The van der Waals surface area contributed by atoms with Crippen molar-refractivity contribution >= 4 is 35.0 Å². The highest BCUT2D eigenvalue weighted by molar-refractivity contribution is 6.24. The van der Waals surface area contributed by atoms with Crippen molar-refractivity contribution < 1.29 is 28.7 Å². The molecule has 0 aromatic heterocycles. The number of carbonyl (C=O) groups is 4. The molecular formula is C31H28N4O6. The van der Waals surface area contributed by atoms with Crippen LogP contribution >= 0.6 is 0 Å². The van der Waals surface area contributed by atoms with Gasteiger partial charge in [-0.05, 0) is 41.8 Å². The monoisotopic (exact) mass is 552 g/mol. The van der Waals surface area contributed by atoms with Crippen LogP contribution in [-0.2, 0) is 35.1 Å². The smallest absolute Gasteiger partial charge is 0.241 e. The third-order valence-corrected chi connectivity index (χ3v) is 9.75. The van der Waals surface area contributed by atoms with Crippen LogP contribution in [0.1, 0.15) is 11.1 Å². The minimum absolute atomic E-state index is 0.146. The average molecular weight is 553 g/mol. The Morgan fingerprint density at radius 3 is 1.37 bits per heavy atom. The van der Waals surface area contributed by atoms with Gasteiger partial charge in [0.1, 0.15) is 11.2 Å². The first-order chi connectivity index (χ1) is 19.8. The van der Waals surface area contributed by atoms with Gasteiger partial charge in [0, 0.05) is 13.1 Å². The number of benzene rings is 2. The quantitative estimate of drug-likeness (QED) is 0.396. The van der Waals surface area contributed by atoms with Crippen LogP contribution in [0.5, 0.6) is 0 Å². The first kappa shape index (κ1) is 24.8. The second-order valence-corrected chi connectivity index (χ2v) is 11.7. The summed E-state index contributed by atoms with van der Waals surface area (Å²) < 4.78 is 11.8. The Kier molecular flexibility index (Phi) is 5.02. The molecule has 2 aromatic rings. The Balaban J connectivity index is 0.975. The number of hydrogen-bond donors (Lipinski definition) is 2. The second kappa shape index (κ2) is 8.29. The molecule has 208 valence electrons. The van der Waals surface area contributed by atoms with Crippen molar-refractivity contribution in [1.82, 2.24) is 0 Å². The van der Waals surface area contributed by atoms with E-state index in [0.29, 0.717) is 17.8 Å². The second-order valence-electron chi connectivity index (χ2n) is 11.7. The van der Waals surface area contributed by atoms with Gasteiger partial charge in [-0.15, -0.1) is 0 Å². The molecule has 4 fully saturated rings. The summed E-state index contributed by atoms with van der Waals surface area (Å²) in [6.45, 7) is 0.293. The SMILES string of the molecule is NCC12C=CC(O1)C1C(=O)N(c3ccc(Cc4ccc(N5C(=O)C6C7C=CC(CN)(O7)C6C5=O)cc4)cc3)C(=O)C12. The summed E-state index contributed by atoms with van der Waals surface area (Å²) in [5, 5.41) is 0. The van der Waals surface area contributed by atoms with E-state index in [0.717, 1.165) is 11.1 Å². The molecule has 0 saturated carbocycles. The van der Waals surface area contributed by atoms with Crippen molar-refractivity contribution in [3.63, 3.8) is 0 Å². The van der Waals surface area contributed by atoms with E-state index in [1.807, 2.05) is 48.6 Å². The molecule has 41 heavy (non-hydrogen) atoms. The first-order valence-corrected chi connectivity index (χ1v) is 13.9. The molecule has 4 bridgehead atoms. The summed E-state index contributed by atoms with van der Waals surface area (Å²) in [5.41, 5.74) is 13.1. The number of anilines is 2. The van der Waals surface area contributed by atoms with Crippen molar-refractivity contribution in [2.45, 2.75) is 29.8 Å². The summed E-state index contributed by atoms with van der Waals surface area (Å²) in [4.78, 5) is 55.6. The van der Waals surface area contributed by atoms with Crippen molar-refractivity contribution in [1.29, 1.82) is 0 Å². The molecule has 10 heteroatoms. The Labute approximate surface area is 235 Å². The number of fused-ring (bicyclic) bond motifs is 10. The third kappa shape index (κ3) is 3.10. The highest BCUT2D eigenvalue weighted by atomic mass is 16.5. The van der Waals surface area contributed by atoms with Gasteiger partial charge in [0.15, 0.2) is 0 Å². The molecule has 0 spiro atoms. The van der Waals surface area contributed by atoms with Crippen LogP contribution in [0.15, 0.2) is 72.8 Å². The molecule has 4 N–H and O–H groups in total. The lowest BCUT2D eigenvalue weighted by Crippen LogP contribution is -2.46. The summed E-state index contributed by atoms with van der Waals surface area (Å²) >= 11 is 0. The highest BCUT2D eigenvalue weighted by Gasteiger charge is 2.68. The lowest BCUT2D eigenvalue weighted by Gasteiger charge is -2.27. The van der Waals surface area contributed by atoms with Crippen LogP contribution in [-0.4, -0.2) is 60.1 Å². The van der Waals surface area contributed by atoms with Gasteiger partial charge >= 0.3 is 0 Å². The van der Waals surface area contributed by atoms with Crippen LogP contribution in [0.25, 0.3) is 0 Å². The third-order valence-electron chi connectivity index (χ3n) is 9.75. The maximum atomic E-state index is 13.3. The number of ether oxygens (including phenoxy) is 2. The summed E-state index contributed by atoms with van der Waals surface area (Å²) in [6.07, 6.45) is 7.09. The van der Waals surface area contributed by atoms with E-state index in [1.54, 1.807) is 24.3 Å². The molecule has 10 nitrogen and oxygen atoms in total. The molecule has 8 atom stereocenters. The van der Waals surface area contributed by atoms with E-state index < -0.39 is 47.1 Å². The molecule has 0 radical (unpaired) electrons. The fourth-order valence-corrected chi connectivity index (χ4v) is 7.75. The summed E-state index contributed by atoms with van der Waals surface area (Å²) in [6, 6.07) is 14.7. The average Bonchev–Trinajstić information content (AvgIpc) is 3.82. The van der Waals surface area contributed by atoms with Crippen molar-refractivity contribution in [2.24, 2.45) is 35.1 Å². The van der Waals surface area contributed by atoms with Gasteiger partial charge < -0.3 is 20.9 Å². The van der Waals surface area contributed by atoms with Gasteiger partial charge in [0.05, 0.1) is 47.3 Å². The number of amides is 4. The fraction of sp³-hybridized carbons (Fsp3) is 0.355. The van der Waals surface area contributed by atoms with Gasteiger partial charge in [-0.2, -0.15) is 0 Å². The Hall–Kier alpha value is -3.96. The lowest BCUT2D eigenvalue weighted by molar-refractivity contribution is -0.128. The van der Waals surface area contributed by atoms with E-state index in [2.05, 4.69) is 0 Å². The molecule has 4 amide bonds. The predicted molar refractivity (Wildman–Crippen MR) is 146 cm³/mol. The lowest BCUT2D eigenvalue weighted by atomic mass is 9.77. The summed E-state index contributed by atoms with van der Waals surface area (Å²) in [5.74, 6) is -3.33. The topological polar surface area (TPSA) is 145 Å². The first-order valence-electron chi connectivity index (χ1n) is 13.9. The van der Waals surface area contributed by atoms with E-state index >= 15 is 0 Å². The van der Waals surface area contributed by atoms with E-state index in [1.165, 1.54) is 9.80 Å². The van der Waals surface area contributed by atoms with E-state index in [-0.39, 0.29) is 36.7 Å². The molecule has 6 aliphatic rings. The van der Waals surface area contributed by atoms with Crippen LogP contribution in [0.4, 0.5) is 11.4 Å². The molecule has 8 rings (SSSR count). The maximum Gasteiger partial charge on any atom is 0.241 e. The standard InChI is InChI=1S/C31H28N4O6/c32-14-30-11-9-20(40-30)22-24(30)28(38)34(26(22)36)18-5-1-16(2-6-18)13-17-3-7-19(8-4-17)35-27(37)23-21-10-12-31(15-33,41-21)25(23)29(35)39/h1-12,20-25H,13-15,32-33H2. The van der Waals surface area contributed by atoms with Gasteiger partial charge in [0.25, 0.3) is 0 Å². The van der Waals surface area contributed by atoms with Gasteiger partial charge in [-0.1, -0.05) is 48.6 Å². The zero-order valence-electron chi connectivity index (χ0n) is 22.0. The molecule has 4 saturated heterocycles. The van der Waals surface area contributed by atoms with E-state index in [4.69, 9.17) is 20.9 Å². The Morgan fingerprint density at radius 2 is 1.00 bits per heavy atom. The number of carbonyl (C=O) groups excluding carboxylic acids is 4. The van der Waals surface area contributed by atoms with Crippen LogP contribution < -0.4 is 21.3 Å². The van der Waals surface area contributed by atoms with Crippen molar-refractivity contribution in [3.05, 3.63) is 84.0 Å². The van der Waals surface area contributed by atoms with Crippen LogP contribution in [0, 0.1) is 23.7 Å². The number of nitrogens with zero attached hydrogens (tertiary/aromatic N) is 2. The Bertz CT molecular complexity index is 1470. The van der Waals surface area contributed by atoms with Crippen LogP contribution in [0.2, 0.25) is 0 Å². The Morgan fingerprint density at radius 1 is 0.610 bits per heavy atom. The fourth-order valence-electron chi connectivity index (χ4n) is 7.75. The normalized spacial score (nSPS) is 37.7. The minimum Gasteiger partial charge on any atom is -0.361 e. The molecule has 8 unspecified atom stereocenters. The molecule has 2 aromatic carbocycles. The zero-order chi connectivity index (χ0) is 28.3. The van der Waals surface area contributed by atoms with E-state index in [9.17, 15) is 19.2 Å². The largest absolute Gasteiger partial charge is 0.361 e. The number of hydrogen-bond acceptors (Lipinski definition) is 8. The molecule has 6 aliphatic heterocycles. The highest BCUT2D eigenvalue weighted by Crippen LogP contribution is 2.53. The minimum atomic E-state index is -0.901. The number of nitrogens with two attached hydrogens (primary N) is 2. The predicted octanol–water partition coefficient (Wildman–Crippen LogP) is 0.821. The molecular weight excluding hydrogens is 524 g/mol. The van der Waals surface area contributed by atoms with Crippen molar-refractivity contribution in [2.75, 3.05) is 22.9 Å². The van der Waals surface area contributed by atoms with Crippen molar-refractivity contribution in [3.8, 4) is 0 Å². The zero-order valence-corrected chi connectivity index (χ0v) is 22.0. The summed E-state index contributed by atoms with van der Waals surface area (Å²) in [7, 11) is 0. The van der Waals surface area contributed by atoms with Gasteiger partial charge in [-0.25, -0.2) is 9.80 Å². The number of imide groups is 2. The molecule has 6 heterocycles. The molecule has 0 aliphatic carbocycles.